The summed E-state index contributed by atoms with van der Waals surface area (Å²) in [6.45, 7) is 1.56. The fraction of sp³-hybridized carbons (Fsp3) is 0.267. The van der Waals surface area contributed by atoms with Gasteiger partial charge >= 0.3 is 0 Å². The molecule has 0 bridgehead atoms. The van der Waals surface area contributed by atoms with Crippen molar-refractivity contribution in [3.8, 4) is 0 Å². The first-order valence-electron chi connectivity index (χ1n) is 7.37. The van der Waals surface area contributed by atoms with Crippen LogP contribution < -0.4 is 15.5 Å². The number of nitro groups is 1. The van der Waals surface area contributed by atoms with Crippen molar-refractivity contribution >= 4 is 46.6 Å². The molecule has 1 aromatic carbocycles. The Labute approximate surface area is 142 Å². The zero-order chi connectivity index (χ0) is 17.3. The van der Waals surface area contributed by atoms with E-state index in [4.69, 9.17) is 12.2 Å². The fourth-order valence-corrected chi connectivity index (χ4v) is 2.96. The van der Waals surface area contributed by atoms with Crippen LogP contribution in [0.25, 0.3) is 6.08 Å². The quantitative estimate of drug-likeness (QED) is 0.279. The minimum atomic E-state index is -0.630. The summed E-state index contributed by atoms with van der Waals surface area (Å²) in [5.74, 6) is -1.26. The molecule has 0 atom stereocenters. The highest BCUT2D eigenvalue weighted by atomic mass is 32.1. The lowest BCUT2D eigenvalue weighted by Crippen LogP contribution is -2.51. The molecule has 2 amide bonds. The molecule has 2 heterocycles. The number of carbonyl (C=O) groups is 2. The van der Waals surface area contributed by atoms with Crippen LogP contribution in [-0.4, -0.2) is 34.9 Å². The predicted octanol–water partition coefficient (Wildman–Crippen LogP) is 1.11. The Morgan fingerprint density at radius 2 is 1.79 bits per heavy atom. The highest BCUT2D eigenvalue weighted by Gasteiger charge is 2.27. The SMILES string of the molecule is O=C1NC(=S)NC(=O)C1=Cc1ccc(N2CCCC2)c([N+](=O)[O-])c1. The Hall–Kier alpha value is -2.81. The summed E-state index contributed by atoms with van der Waals surface area (Å²) in [6, 6.07) is 4.67. The van der Waals surface area contributed by atoms with Gasteiger partial charge in [0.25, 0.3) is 17.5 Å². The van der Waals surface area contributed by atoms with Gasteiger partial charge in [0.2, 0.25) is 0 Å². The highest BCUT2D eigenvalue weighted by Crippen LogP contribution is 2.32. The third-order valence-electron chi connectivity index (χ3n) is 3.90. The van der Waals surface area contributed by atoms with Crippen LogP contribution in [0.15, 0.2) is 23.8 Å². The summed E-state index contributed by atoms with van der Waals surface area (Å²) < 4.78 is 0. The van der Waals surface area contributed by atoms with Gasteiger partial charge in [0.15, 0.2) is 5.11 Å². The molecular weight excluding hydrogens is 332 g/mol. The van der Waals surface area contributed by atoms with Crippen molar-refractivity contribution in [1.82, 2.24) is 10.6 Å². The molecule has 3 rings (SSSR count). The first kappa shape index (κ1) is 16.1. The number of anilines is 1. The van der Waals surface area contributed by atoms with Crippen LogP contribution in [0.4, 0.5) is 11.4 Å². The van der Waals surface area contributed by atoms with E-state index in [1.54, 1.807) is 12.1 Å². The predicted molar refractivity (Wildman–Crippen MR) is 91.4 cm³/mol. The number of hydrogen-bond donors (Lipinski definition) is 2. The number of nitro benzene ring substituents is 1. The van der Waals surface area contributed by atoms with Crippen molar-refractivity contribution in [3.63, 3.8) is 0 Å². The van der Waals surface area contributed by atoms with Crippen LogP contribution >= 0.6 is 12.2 Å². The van der Waals surface area contributed by atoms with Crippen molar-refractivity contribution in [2.45, 2.75) is 12.8 Å². The number of nitrogens with zero attached hydrogens (tertiary/aromatic N) is 2. The van der Waals surface area contributed by atoms with E-state index in [9.17, 15) is 19.7 Å². The molecule has 2 aliphatic heterocycles. The summed E-state index contributed by atoms with van der Waals surface area (Å²) in [5, 5.41) is 16.0. The van der Waals surface area contributed by atoms with Crippen molar-refractivity contribution < 1.29 is 14.5 Å². The molecule has 1 aromatic rings. The normalized spacial score (nSPS) is 17.6. The second-order valence-corrected chi connectivity index (χ2v) is 5.90. The van der Waals surface area contributed by atoms with E-state index in [1.807, 2.05) is 4.90 Å². The van der Waals surface area contributed by atoms with Gasteiger partial charge < -0.3 is 4.90 Å². The summed E-state index contributed by atoms with van der Waals surface area (Å²) in [7, 11) is 0. The molecule has 2 saturated heterocycles. The number of amides is 2. The number of nitrogens with one attached hydrogen (secondary N) is 2. The second kappa shape index (κ2) is 6.36. The van der Waals surface area contributed by atoms with E-state index in [-0.39, 0.29) is 16.4 Å². The molecule has 0 radical (unpaired) electrons. The van der Waals surface area contributed by atoms with Crippen LogP contribution in [0.3, 0.4) is 0 Å². The zero-order valence-electron chi connectivity index (χ0n) is 12.6. The lowest BCUT2D eigenvalue weighted by molar-refractivity contribution is -0.384. The third-order valence-corrected chi connectivity index (χ3v) is 4.10. The van der Waals surface area contributed by atoms with Crippen LogP contribution in [0.2, 0.25) is 0 Å². The van der Waals surface area contributed by atoms with E-state index >= 15 is 0 Å². The molecule has 0 unspecified atom stereocenters. The van der Waals surface area contributed by atoms with Gasteiger partial charge in [-0.2, -0.15) is 0 Å². The van der Waals surface area contributed by atoms with E-state index < -0.39 is 16.7 Å². The van der Waals surface area contributed by atoms with Crippen LogP contribution in [-0.2, 0) is 9.59 Å². The van der Waals surface area contributed by atoms with Gasteiger partial charge in [-0.25, -0.2) is 0 Å². The molecular formula is C15H14N4O4S. The first-order valence-corrected chi connectivity index (χ1v) is 7.78. The summed E-state index contributed by atoms with van der Waals surface area (Å²) >= 11 is 4.72. The molecule has 8 nitrogen and oxygen atoms in total. The van der Waals surface area contributed by atoms with Crippen molar-refractivity contribution in [2.75, 3.05) is 18.0 Å². The molecule has 24 heavy (non-hydrogen) atoms. The third kappa shape index (κ3) is 3.11. The summed E-state index contributed by atoms with van der Waals surface area (Å²) in [4.78, 5) is 36.6. The molecule has 0 saturated carbocycles. The monoisotopic (exact) mass is 346 g/mol. The Balaban J connectivity index is 1.97. The standard InChI is InChI=1S/C15H14N4O4S/c20-13-10(14(21)17-15(24)16-13)7-9-3-4-11(12(8-9)19(22)23)18-5-1-2-6-18/h3-4,7-8H,1-2,5-6H2,(H2,16,17,20,21,24). The smallest absolute Gasteiger partial charge is 0.293 e. The van der Waals surface area contributed by atoms with Gasteiger partial charge in [-0.3, -0.25) is 30.3 Å². The summed E-state index contributed by atoms with van der Waals surface area (Å²) in [6.07, 6.45) is 3.32. The largest absolute Gasteiger partial charge is 0.366 e. The van der Waals surface area contributed by atoms with Gasteiger partial charge in [0, 0.05) is 19.2 Å². The van der Waals surface area contributed by atoms with Crippen LogP contribution in [0.1, 0.15) is 18.4 Å². The number of hydrogen-bond acceptors (Lipinski definition) is 6. The summed E-state index contributed by atoms with van der Waals surface area (Å²) in [5.41, 5.74) is 0.765. The van der Waals surface area contributed by atoms with E-state index in [2.05, 4.69) is 10.6 Å². The number of thiocarbonyl (C=S) groups is 1. The molecule has 2 N–H and O–H groups in total. The van der Waals surface area contributed by atoms with E-state index in [1.165, 1.54) is 12.1 Å². The van der Waals surface area contributed by atoms with Gasteiger partial charge in [0.1, 0.15) is 11.3 Å². The minimum absolute atomic E-state index is 0.0432. The van der Waals surface area contributed by atoms with Crippen LogP contribution in [0.5, 0.6) is 0 Å². The van der Waals surface area contributed by atoms with E-state index in [0.717, 1.165) is 25.9 Å². The lowest BCUT2D eigenvalue weighted by Gasteiger charge is -2.18. The van der Waals surface area contributed by atoms with Gasteiger partial charge in [-0.1, -0.05) is 6.07 Å². The Bertz CT molecular complexity index is 762. The Morgan fingerprint density at radius 3 is 2.38 bits per heavy atom. The Kier molecular flexibility index (Phi) is 4.26. The molecule has 2 fully saturated rings. The average molecular weight is 346 g/mol. The van der Waals surface area contributed by atoms with Gasteiger partial charge in [-0.05, 0) is 42.8 Å². The average Bonchev–Trinajstić information content (AvgIpc) is 3.04. The fourth-order valence-electron chi connectivity index (χ4n) is 2.77. The molecule has 0 aromatic heterocycles. The first-order chi connectivity index (χ1) is 11.5. The maximum Gasteiger partial charge on any atom is 0.293 e. The van der Waals surface area contributed by atoms with Crippen LogP contribution in [0, 0.1) is 10.1 Å². The number of rotatable bonds is 3. The maximum atomic E-state index is 11.8. The second-order valence-electron chi connectivity index (χ2n) is 5.49. The molecule has 124 valence electrons. The highest BCUT2D eigenvalue weighted by molar-refractivity contribution is 7.80. The molecule has 0 aliphatic carbocycles. The van der Waals surface area contributed by atoms with Crippen molar-refractivity contribution in [1.29, 1.82) is 0 Å². The zero-order valence-corrected chi connectivity index (χ0v) is 13.4. The minimum Gasteiger partial charge on any atom is -0.366 e. The maximum absolute atomic E-state index is 11.8. The molecule has 2 aliphatic rings. The molecule has 0 spiro atoms. The number of benzene rings is 1. The topological polar surface area (TPSA) is 105 Å². The Morgan fingerprint density at radius 1 is 1.17 bits per heavy atom. The van der Waals surface area contributed by atoms with E-state index in [0.29, 0.717) is 11.3 Å². The van der Waals surface area contributed by atoms with Crippen molar-refractivity contribution in [3.05, 3.63) is 39.4 Å². The van der Waals surface area contributed by atoms with Gasteiger partial charge in [-0.15, -0.1) is 0 Å². The van der Waals surface area contributed by atoms with Crippen molar-refractivity contribution in [2.24, 2.45) is 0 Å². The van der Waals surface area contributed by atoms with Gasteiger partial charge in [0.05, 0.1) is 4.92 Å². The number of carbonyl (C=O) groups excluding carboxylic acids is 2. The lowest BCUT2D eigenvalue weighted by atomic mass is 10.1. The molecule has 9 heteroatoms.